The van der Waals surface area contributed by atoms with Gasteiger partial charge < -0.3 is 14.9 Å². The molecule has 3 atom stereocenters. The van der Waals surface area contributed by atoms with Crippen LogP contribution in [0.25, 0.3) is 10.9 Å². The largest absolute Gasteiger partial charge is 0.497 e. The molecule has 0 spiro atoms. The molecule has 1 aliphatic carbocycles. The molecule has 0 amide bonds. The molecule has 2 fully saturated rings. The van der Waals surface area contributed by atoms with Crippen LogP contribution in [-0.4, -0.2) is 52.3 Å². The molecular formula is C29H32ClFN2O4. The van der Waals surface area contributed by atoms with Gasteiger partial charge in [-0.25, -0.2) is 4.39 Å². The predicted molar refractivity (Wildman–Crippen MR) is 140 cm³/mol. The second-order valence-electron chi connectivity index (χ2n) is 10.4. The molecule has 8 heteroatoms. The van der Waals surface area contributed by atoms with E-state index >= 15 is 0 Å². The Hall–Kier alpha value is -2.74. The molecule has 196 valence electrons. The van der Waals surface area contributed by atoms with Gasteiger partial charge in [-0.3, -0.25) is 14.7 Å². The molecule has 0 unspecified atom stereocenters. The third kappa shape index (κ3) is 5.44. The zero-order chi connectivity index (χ0) is 26.1. The average molecular weight is 527 g/mol. The highest BCUT2D eigenvalue weighted by molar-refractivity contribution is 6.30. The second-order valence-corrected chi connectivity index (χ2v) is 10.8. The van der Waals surface area contributed by atoms with Gasteiger partial charge in [0.15, 0.2) is 0 Å². The van der Waals surface area contributed by atoms with Crippen LogP contribution in [0.1, 0.15) is 55.3 Å². The van der Waals surface area contributed by atoms with Gasteiger partial charge in [0.1, 0.15) is 11.6 Å². The highest BCUT2D eigenvalue weighted by Crippen LogP contribution is 2.43. The molecule has 37 heavy (non-hydrogen) atoms. The molecule has 2 heterocycles. The van der Waals surface area contributed by atoms with Crippen molar-refractivity contribution in [3.05, 3.63) is 70.6 Å². The molecular weight excluding hydrogens is 495 g/mol. The van der Waals surface area contributed by atoms with E-state index in [1.807, 2.05) is 24.3 Å². The smallest absolute Gasteiger partial charge is 0.308 e. The Kier molecular flexibility index (Phi) is 7.65. The standard InChI is InChI=1S/C29H32ClFN2O4/c1-37-21-4-6-27-24(15-21)23(8-10-32-27)28(34)7-2-17-9-11-33(16-25(17)29(35)36)20-12-18(13-20)22-5-3-19(30)14-26(22)31/h3-6,8,10,14-15,17-18,20,25,28,34H,2,7,9,11-13,16H2,1H3,(H,35,36)/t17-,18?,20?,25+,28+/m1/s1. The number of carboxylic acids is 1. The number of aromatic nitrogens is 1. The highest BCUT2D eigenvalue weighted by Gasteiger charge is 2.41. The Morgan fingerprint density at radius 3 is 2.78 bits per heavy atom. The van der Waals surface area contributed by atoms with Gasteiger partial charge in [0.2, 0.25) is 0 Å². The number of rotatable bonds is 8. The van der Waals surface area contributed by atoms with Crippen molar-refractivity contribution in [1.29, 1.82) is 0 Å². The van der Waals surface area contributed by atoms with Gasteiger partial charge in [0, 0.05) is 29.2 Å². The average Bonchev–Trinajstić information content (AvgIpc) is 2.87. The van der Waals surface area contributed by atoms with Gasteiger partial charge in [-0.1, -0.05) is 17.7 Å². The van der Waals surface area contributed by atoms with Crippen molar-refractivity contribution in [2.45, 2.75) is 50.2 Å². The summed E-state index contributed by atoms with van der Waals surface area (Å²) in [5.74, 6) is -0.700. The number of ether oxygens (including phenoxy) is 1. The van der Waals surface area contributed by atoms with Crippen LogP contribution in [0.2, 0.25) is 5.02 Å². The second kappa shape index (κ2) is 10.9. The third-order valence-corrected chi connectivity index (χ3v) is 8.52. The number of halogens is 2. The first kappa shape index (κ1) is 25.9. The summed E-state index contributed by atoms with van der Waals surface area (Å²) in [6, 6.07) is 12.5. The predicted octanol–water partition coefficient (Wildman–Crippen LogP) is 5.82. The van der Waals surface area contributed by atoms with Crippen molar-refractivity contribution in [3.8, 4) is 5.75 Å². The number of aliphatic hydroxyl groups excluding tert-OH is 1. The molecule has 1 saturated carbocycles. The zero-order valence-corrected chi connectivity index (χ0v) is 21.6. The van der Waals surface area contributed by atoms with Crippen LogP contribution in [0, 0.1) is 17.7 Å². The fourth-order valence-corrected chi connectivity index (χ4v) is 6.21. The number of carbonyl (C=O) groups is 1. The Labute approximate surface area is 221 Å². The van der Waals surface area contributed by atoms with E-state index in [9.17, 15) is 19.4 Å². The normalized spacial score (nSPS) is 25.0. The molecule has 1 saturated heterocycles. The van der Waals surface area contributed by atoms with E-state index in [2.05, 4.69) is 9.88 Å². The van der Waals surface area contributed by atoms with Crippen LogP contribution >= 0.6 is 11.6 Å². The van der Waals surface area contributed by atoms with Gasteiger partial charge in [-0.2, -0.15) is 0 Å². The van der Waals surface area contributed by atoms with Crippen LogP contribution < -0.4 is 4.74 Å². The molecule has 1 aromatic heterocycles. The Bertz CT molecular complexity index is 1280. The number of carboxylic acid groups (broad SMARTS) is 1. The number of hydrogen-bond acceptors (Lipinski definition) is 5. The molecule has 1 aliphatic heterocycles. The van der Waals surface area contributed by atoms with Crippen LogP contribution in [0.4, 0.5) is 4.39 Å². The maximum atomic E-state index is 14.3. The zero-order valence-electron chi connectivity index (χ0n) is 20.8. The van der Waals surface area contributed by atoms with Gasteiger partial charge in [-0.15, -0.1) is 0 Å². The number of benzene rings is 2. The van der Waals surface area contributed by atoms with Crippen LogP contribution in [0.15, 0.2) is 48.7 Å². The van der Waals surface area contributed by atoms with E-state index in [0.29, 0.717) is 35.7 Å². The molecule has 2 aliphatic rings. The highest BCUT2D eigenvalue weighted by atomic mass is 35.5. The van der Waals surface area contributed by atoms with E-state index in [4.69, 9.17) is 16.3 Å². The van der Waals surface area contributed by atoms with E-state index in [1.54, 1.807) is 25.4 Å². The van der Waals surface area contributed by atoms with E-state index in [0.717, 1.165) is 42.3 Å². The summed E-state index contributed by atoms with van der Waals surface area (Å²) in [4.78, 5) is 18.8. The van der Waals surface area contributed by atoms with E-state index in [-0.39, 0.29) is 23.7 Å². The van der Waals surface area contributed by atoms with E-state index < -0.39 is 18.0 Å². The monoisotopic (exact) mass is 526 g/mol. The summed E-state index contributed by atoms with van der Waals surface area (Å²) in [6.07, 6.45) is 4.50. The van der Waals surface area contributed by atoms with Crippen molar-refractivity contribution >= 4 is 28.5 Å². The number of aliphatic hydroxyl groups is 1. The fourth-order valence-electron chi connectivity index (χ4n) is 6.05. The van der Waals surface area contributed by atoms with Crippen molar-refractivity contribution < 1.29 is 24.1 Å². The maximum absolute atomic E-state index is 14.3. The number of likely N-dealkylation sites (tertiary alicyclic amines) is 1. The summed E-state index contributed by atoms with van der Waals surface area (Å²) in [5, 5.41) is 22.3. The van der Waals surface area contributed by atoms with E-state index in [1.165, 1.54) is 6.07 Å². The molecule has 0 radical (unpaired) electrons. The lowest BCUT2D eigenvalue weighted by Gasteiger charge is -2.47. The summed E-state index contributed by atoms with van der Waals surface area (Å²) in [5.41, 5.74) is 2.26. The number of fused-ring (bicyclic) bond motifs is 1. The minimum Gasteiger partial charge on any atom is -0.497 e. The first-order valence-electron chi connectivity index (χ1n) is 12.9. The quantitative estimate of drug-likeness (QED) is 0.385. The summed E-state index contributed by atoms with van der Waals surface area (Å²) < 4.78 is 19.6. The first-order valence-corrected chi connectivity index (χ1v) is 13.2. The SMILES string of the molecule is COc1ccc2nccc([C@@H](O)CC[C@@H]3CCN(C4CC(c5ccc(Cl)cc5F)C4)C[C@@H]3C(=O)O)c2c1. The van der Waals surface area contributed by atoms with Gasteiger partial charge in [0.05, 0.1) is 24.6 Å². The van der Waals surface area contributed by atoms with Gasteiger partial charge >= 0.3 is 5.97 Å². The Balaban J connectivity index is 1.19. The van der Waals surface area contributed by atoms with Crippen molar-refractivity contribution in [2.75, 3.05) is 20.2 Å². The molecule has 2 N–H and O–H groups in total. The number of nitrogens with zero attached hydrogens (tertiary/aromatic N) is 2. The van der Waals surface area contributed by atoms with Crippen molar-refractivity contribution in [1.82, 2.24) is 9.88 Å². The van der Waals surface area contributed by atoms with Crippen LogP contribution in [0.5, 0.6) is 5.75 Å². The number of pyridine rings is 1. The summed E-state index contributed by atoms with van der Waals surface area (Å²) in [6.45, 7) is 1.31. The lowest BCUT2D eigenvalue weighted by atomic mass is 9.73. The van der Waals surface area contributed by atoms with Crippen molar-refractivity contribution in [3.63, 3.8) is 0 Å². The number of methoxy groups -OCH3 is 1. The van der Waals surface area contributed by atoms with Crippen molar-refractivity contribution in [2.24, 2.45) is 11.8 Å². The Morgan fingerprint density at radius 2 is 2.05 bits per heavy atom. The Morgan fingerprint density at radius 1 is 1.24 bits per heavy atom. The van der Waals surface area contributed by atoms with Crippen LogP contribution in [-0.2, 0) is 4.79 Å². The summed E-state index contributed by atoms with van der Waals surface area (Å²) >= 11 is 5.88. The van der Waals surface area contributed by atoms with Gasteiger partial charge in [-0.05, 0) is 98.0 Å². The molecule has 2 aromatic carbocycles. The maximum Gasteiger partial charge on any atom is 0.308 e. The topological polar surface area (TPSA) is 82.9 Å². The minimum absolute atomic E-state index is 0.00405. The lowest BCUT2D eigenvalue weighted by molar-refractivity contribution is -0.147. The number of hydrogen-bond donors (Lipinski definition) is 2. The van der Waals surface area contributed by atoms with Gasteiger partial charge in [0.25, 0.3) is 0 Å². The summed E-state index contributed by atoms with van der Waals surface area (Å²) in [7, 11) is 1.60. The molecule has 5 rings (SSSR count). The number of piperidine rings is 1. The first-order chi connectivity index (χ1) is 17.8. The minimum atomic E-state index is -0.789. The number of aliphatic carboxylic acids is 1. The van der Waals surface area contributed by atoms with Crippen LogP contribution in [0.3, 0.4) is 0 Å². The molecule has 0 bridgehead atoms. The molecule has 3 aromatic rings. The molecule has 6 nitrogen and oxygen atoms in total. The lowest BCUT2D eigenvalue weighted by Crippen LogP contribution is -2.52. The fraction of sp³-hybridized carbons (Fsp3) is 0.448. The third-order valence-electron chi connectivity index (χ3n) is 8.29.